The van der Waals surface area contributed by atoms with Crippen molar-refractivity contribution in [1.82, 2.24) is 4.98 Å². The molecule has 4 nitrogen and oxygen atoms in total. The minimum absolute atomic E-state index is 0.00360. The molecule has 4 heteroatoms. The first-order chi connectivity index (χ1) is 9.04. The van der Waals surface area contributed by atoms with Gasteiger partial charge < -0.3 is 15.2 Å². The van der Waals surface area contributed by atoms with Crippen LogP contribution in [0.4, 0.5) is 0 Å². The topological polar surface area (TPSA) is 57.4 Å². The van der Waals surface area contributed by atoms with Crippen molar-refractivity contribution in [1.29, 1.82) is 0 Å². The molecular weight excluding hydrogens is 240 g/mol. The van der Waals surface area contributed by atoms with E-state index in [1.54, 1.807) is 7.11 Å². The Morgan fingerprint density at radius 2 is 2.26 bits per heavy atom. The lowest BCUT2D eigenvalue weighted by atomic mass is 9.94. The van der Waals surface area contributed by atoms with Gasteiger partial charge in [-0.1, -0.05) is 6.92 Å². The number of hydrogen-bond donors (Lipinski definition) is 1. The Morgan fingerprint density at radius 1 is 1.53 bits per heavy atom. The number of aromatic nitrogens is 1. The minimum atomic E-state index is -0.00360. The highest BCUT2D eigenvalue weighted by Gasteiger charge is 2.30. The first kappa shape index (κ1) is 14.3. The minimum Gasteiger partial charge on any atom is -0.496 e. The Kier molecular flexibility index (Phi) is 4.42. The van der Waals surface area contributed by atoms with Crippen LogP contribution in [0.25, 0.3) is 0 Å². The van der Waals surface area contributed by atoms with E-state index in [9.17, 15) is 0 Å². The van der Waals surface area contributed by atoms with E-state index >= 15 is 0 Å². The van der Waals surface area contributed by atoms with Gasteiger partial charge in [-0.15, -0.1) is 0 Å². The predicted molar refractivity (Wildman–Crippen MR) is 75.5 cm³/mol. The van der Waals surface area contributed by atoms with Gasteiger partial charge in [0.05, 0.1) is 13.2 Å². The molecular formula is C15H24N2O2. The smallest absolute Gasteiger partial charge is 0.128 e. The summed E-state index contributed by atoms with van der Waals surface area (Å²) >= 11 is 0. The molecule has 0 aliphatic carbocycles. The number of methoxy groups -OCH3 is 1. The van der Waals surface area contributed by atoms with Gasteiger partial charge in [0, 0.05) is 42.1 Å². The van der Waals surface area contributed by atoms with Crippen LogP contribution in [0.15, 0.2) is 6.20 Å². The largest absolute Gasteiger partial charge is 0.496 e. The Morgan fingerprint density at radius 3 is 2.84 bits per heavy atom. The second kappa shape index (κ2) is 5.88. The van der Waals surface area contributed by atoms with Crippen molar-refractivity contribution in [2.75, 3.05) is 13.7 Å². The van der Waals surface area contributed by atoms with Crippen molar-refractivity contribution < 1.29 is 9.47 Å². The van der Waals surface area contributed by atoms with Crippen LogP contribution in [-0.2, 0) is 11.2 Å². The summed E-state index contributed by atoms with van der Waals surface area (Å²) < 4.78 is 11.2. The third kappa shape index (κ3) is 2.90. The quantitative estimate of drug-likeness (QED) is 0.903. The van der Waals surface area contributed by atoms with Gasteiger partial charge in [0.1, 0.15) is 5.75 Å². The Labute approximate surface area is 115 Å². The molecule has 2 rings (SSSR count). The summed E-state index contributed by atoms with van der Waals surface area (Å²) in [5.41, 5.74) is 9.45. The van der Waals surface area contributed by atoms with Gasteiger partial charge in [0.2, 0.25) is 0 Å². The maximum Gasteiger partial charge on any atom is 0.128 e. The first-order valence-electron chi connectivity index (χ1n) is 6.90. The Hall–Kier alpha value is -1.13. The van der Waals surface area contributed by atoms with Crippen molar-refractivity contribution in [3.8, 4) is 5.75 Å². The zero-order chi connectivity index (χ0) is 14.0. The maximum atomic E-state index is 6.29. The zero-order valence-corrected chi connectivity index (χ0v) is 12.3. The van der Waals surface area contributed by atoms with Gasteiger partial charge in [0.25, 0.3) is 0 Å². The lowest BCUT2D eigenvalue weighted by molar-refractivity contribution is 0.0723. The maximum absolute atomic E-state index is 6.29. The molecule has 0 aromatic carbocycles. The van der Waals surface area contributed by atoms with Gasteiger partial charge >= 0.3 is 0 Å². The molecule has 2 heterocycles. The van der Waals surface area contributed by atoms with E-state index < -0.39 is 0 Å². The molecule has 0 bridgehead atoms. The summed E-state index contributed by atoms with van der Waals surface area (Å²) in [6, 6.07) is -0.00360. The van der Waals surface area contributed by atoms with E-state index in [0.29, 0.717) is 5.92 Å². The van der Waals surface area contributed by atoms with E-state index in [1.807, 2.05) is 20.0 Å². The molecule has 3 atom stereocenters. The predicted octanol–water partition coefficient (Wildman–Crippen LogP) is 2.00. The summed E-state index contributed by atoms with van der Waals surface area (Å²) in [6.45, 7) is 7.07. The van der Waals surface area contributed by atoms with E-state index in [0.717, 1.165) is 42.0 Å². The fourth-order valence-electron chi connectivity index (χ4n) is 2.88. The molecule has 19 heavy (non-hydrogen) atoms. The van der Waals surface area contributed by atoms with Crippen molar-refractivity contribution in [2.24, 2.45) is 11.7 Å². The number of pyridine rings is 1. The number of ether oxygens (including phenoxy) is 2. The number of nitrogens with two attached hydrogens (primary N) is 1. The third-order valence-corrected chi connectivity index (χ3v) is 4.05. The van der Waals surface area contributed by atoms with Crippen LogP contribution in [0.2, 0.25) is 0 Å². The highest BCUT2D eigenvalue weighted by atomic mass is 16.5. The van der Waals surface area contributed by atoms with Crippen LogP contribution in [0.1, 0.15) is 30.2 Å². The highest BCUT2D eigenvalue weighted by molar-refractivity contribution is 5.41. The summed E-state index contributed by atoms with van der Waals surface area (Å²) in [4.78, 5) is 4.51. The fraction of sp³-hybridized carbons (Fsp3) is 0.667. The number of rotatable bonds is 4. The molecule has 1 aliphatic heterocycles. The van der Waals surface area contributed by atoms with Gasteiger partial charge in [0.15, 0.2) is 0 Å². The van der Waals surface area contributed by atoms with Gasteiger partial charge in [-0.25, -0.2) is 0 Å². The van der Waals surface area contributed by atoms with E-state index in [1.165, 1.54) is 0 Å². The molecule has 0 radical (unpaired) electrons. The number of hydrogen-bond acceptors (Lipinski definition) is 4. The SMILES string of the molecule is COc1c(C)cnc(CC(N)C2OCCC2C)c1C. The van der Waals surface area contributed by atoms with Crippen molar-refractivity contribution >= 4 is 0 Å². The Balaban J connectivity index is 2.15. The zero-order valence-electron chi connectivity index (χ0n) is 12.3. The van der Waals surface area contributed by atoms with Crippen LogP contribution < -0.4 is 10.5 Å². The summed E-state index contributed by atoms with van der Waals surface area (Å²) in [5.74, 6) is 1.44. The van der Waals surface area contributed by atoms with Crippen LogP contribution in [0, 0.1) is 19.8 Å². The molecule has 1 aliphatic rings. The average Bonchev–Trinajstić information content (AvgIpc) is 2.80. The molecule has 2 N–H and O–H groups in total. The molecule has 1 fully saturated rings. The van der Waals surface area contributed by atoms with Crippen molar-refractivity contribution in [2.45, 2.75) is 45.8 Å². The van der Waals surface area contributed by atoms with E-state index in [2.05, 4.69) is 11.9 Å². The number of nitrogens with zero attached hydrogens (tertiary/aromatic N) is 1. The molecule has 0 spiro atoms. The third-order valence-electron chi connectivity index (χ3n) is 4.05. The van der Waals surface area contributed by atoms with Crippen molar-refractivity contribution in [3.63, 3.8) is 0 Å². The van der Waals surface area contributed by atoms with Crippen LogP contribution in [0.5, 0.6) is 5.75 Å². The normalized spacial score (nSPS) is 24.5. The Bertz CT molecular complexity index is 448. The summed E-state index contributed by atoms with van der Waals surface area (Å²) in [5, 5.41) is 0. The van der Waals surface area contributed by atoms with Gasteiger partial charge in [-0.3, -0.25) is 4.98 Å². The van der Waals surface area contributed by atoms with Gasteiger partial charge in [-0.05, 0) is 26.2 Å². The highest BCUT2D eigenvalue weighted by Crippen LogP contribution is 2.27. The molecule has 0 amide bonds. The lowest BCUT2D eigenvalue weighted by Crippen LogP contribution is -2.39. The van der Waals surface area contributed by atoms with E-state index in [-0.39, 0.29) is 12.1 Å². The molecule has 106 valence electrons. The second-order valence-corrected chi connectivity index (χ2v) is 5.52. The average molecular weight is 264 g/mol. The molecule has 3 unspecified atom stereocenters. The summed E-state index contributed by atoms with van der Waals surface area (Å²) in [6.07, 6.45) is 3.83. The van der Waals surface area contributed by atoms with E-state index in [4.69, 9.17) is 15.2 Å². The molecule has 1 aromatic heterocycles. The second-order valence-electron chi connectivity index (χ2n) is 5.52. The first-order valence-corrected chi connectivity index (χ1v) is 6.90. The van der Waals surface area contributed by atoms with Crippen molar-refractivity contribution in [3.05, 3.63) is 23.0 Å². The van der Waals surface area contributed by atoms with Crippen LogP contribution >= 0.6 is 0 Å². The summed E-state index contributed by atoms with van der Waals surface area (Å²) in [7, 11) is 1.70. The monoisotopic (exact) mass is 264 g/mol. The van der Waals surface area contributed by atoms with Gasteiger partial charge in [-0.2, -0.15) is 0 Å². The van der Waals surface area contributed by atoms with Crippen LogP contribution in [0.3, 0.4) is 0 Å². The molecule has 0 saturated carbocycles. The fourth-order valence-corrected chi connectivity index (χ4v) is 2.88. The molecule has 1 aromatic rings. The standard InChI is InChI=1S/C15H24N2O2/c1-9-5-6-19-15(9)12(16)7-13-11(3)14(18-4)10(2)8-17-13/h8-9,12,15H,5-7,16H2,1-4H3. The van der Waals surface area contributed by atoms with Crippen LogP contribution in [-0.4, -0.2) is 30.8 Å². The molecule has 1 saturated heterocycles. The number of aryl methyl sites for hydroxylation is 1. The lowest BCUT2D eigenvalue weighted by Gasteiger charge is -2.23.